The molecule has 3 rings (SSSR count). The van der Waals surface area contributed by atoms with E-state index in [0.29, 0.717) is 16.9 Å². The second-order valence-electron chi connectivity index (χ2n) is 6.50. The normalized spacial score (nSPS) is 12.4. The summed E-state index contributed by atoms with van der Waals surface area (Å²) >= 11 is 0. The monoisotopic (exact) mass is 436 g/mol. The molecule has 8 nitrogen and oxygen atoms in total. The smallest absolute Gasteiger partial charge is 0.264 e. The van der Waals surface area contributed by atoms with Gasteiger partial charge in [0.05, 0.1) is 28.8 Å². The first kappa shape index (κ1) is 22.1. The third-order valence-corrected chi connectivity index (χ3v) is 6.24. The highest BCUT2D eigenvalue weighted by Crippen LogP contribution is 2.24. The van der Waals surface area contributed by atoms with Crippen molar-refractivity contribution in [3.63, 3.8) is 0 Å². The van der Waals surface area contributed by atoms with Gasteiger partial charge in [-0.3, -0.25) is 9.30 Å². The molecular formula is C22H20N4O4S. The lowest BCUT2D eigenvalue weighted by molar-refractivity contribution is -0.991. The third-order valence-electron chi connectivity index (χ3n) is 4.39. The number of anilines is 1. The minimum atomic E-state index is -3.81. The van der Waals surface area contributed by atoms with E-state index in [-0.39, 0.29) is 23.5 Å². The first-order valence-corrected chi connectivity index (χ1v) is 10.8. The van der Waals surface area contributed by atoms with Crippen molar-refractivity contribution in [1.29, 1.82) is 5.26 Å². The Morgan fingerprint density at radius 1 is 1.06 bits per heavy atom. The van der Waals surface area contributed by atoms with Gasteiger partial charge in [0.15, 0.2) is 5.69 Å². The molecule has 0 saturated heterocycles. The Kier molecular flexibility index (Phi) is 7.12. The quantitative estimate of drug-likeness (QED) is 0.415. The first-order valence-electron chi connectivity index (χ1n) is 9.34. The van der Waals surface area contributed by atoms with Gasteiger partial charge in [-0.2, -0.15) is 10.5 Å². The molecule has 0 aromatic heterocycles. The Labute approximate surface area is 180 Å². The minimum absolute atomic E-state index is 0.0309. The van der Waals surface area contributed by atoms with Gasteiger partial charge in [-0.1, -0.05) is 36.4 Å². The number of rotatable bonds is 8. The molecule has 0 saturated carbocycles. The highest BCUT2D eigenvalue weighted by atomic mass is 32.2. The summed E-state index contributed by atoms with van der Waals surface area (Å²) in [4.78, 5) is 4.43. The molecule has 0 radical (unpaired) electrons. The zero-order valence-electron chi connectivity index (χ0n) is 16.4. The zero-order chi connectivity index (χ0) is 22.3. The fourth-order valence-corrected chi connectivity index (χ4v) is 4.34. The predicted molar refractivity (Wildman–Crippen MR) is 117 cm³/mol. The number of nitriles is 1. The molecule has 0 aliphatic heterocycles. The topological polar surface area (TPSA) is 121 Å². The van der Waals surface area contributed by atoms with E-state index in [4.69, 9.17) is 10.5 Å². The van der Waals surface area contributed by atoms with Crippen LogP contribution in [-0.2, 0) is 10.0 Å². The van der Waals surface area contributed by atoms with Crippen LogP contribution in [-0.4, -0.2) is 26.4 Å². The van der Waals surface area contributed by atoms with E-state index in [1.165, 1.54) is 28.6 Å². The average Bonchev–Trinajstić information content (AvgIpc) is 2.79. The fourth-order valence-electron chi connectivity index (χ4n) is 2.85. The zero-order valence-corrected chi connectivity index (χ0v) is 17.2. The van der Waals surface area contributed by atoms with E-state index >= 15 is 0 Å². The number of benzene rings is 3. The number of nitrogens with one attached hydrogen (secondary N) is 1. The molecule has 0 bridgehead atoms. The Bertz CT molecular complexity index is 1190. The maximum atomic E-state index is 13.1. The lowest BCUT2D eigenvalue weighted by atomic mass is 10.2. The van der Waals surface area contributed by atoms with E-state index in [1.807, 2.05) is 6.07 Å². The molecule has 158 valence electrons. The van der Waals surface area contributed by atoms with E-state index in [1.54, 1.807) is 60.8 Å². The number of sulfonamides is 1. The van der Waals surface area contributed by atoms with Gasteiger partial charge >= 0.3 is 0 Å². The molecule has 0 aliphatic rings. The lowest BCUT2D eigenvalue weighted by Gasteiger charge is -2.23. The van der Waals surface area contributed by atoms with Gasteiger partial charge in [0.2, 0.25) is 0 Å². The maximum absolute atomic E-state index is 13.1. The van der Waals surface area contributed by atoms with Crippen molar-refractivity contribution in [1.82, 2.24) is 0 Å². The minimum Gasteiger partial charge on any atom is -0.595 e. The Morgan fingerprint density at radius 2 is 1.77 bits per heavy atom. The van der Waals surface area contributed by atoms with Gasteiger partial charge in [-0.25, -0.2) is 13.6 Å². The van der Waals surface area contributed by atoms with Crippen LogP contribution in [0.4, 0.5) is 17.1 Å². The number of hydrogen-bond acceptors (Lipinski definition) is 6. The number of nitrogens with zero attached hydrogens (tertiary/aromatic N) is 3. The molecule has 2 N–H and O–H groups in total. The predicted octanol–water partition coefficient (Wildman–Crippen LogP) is 2.95. The fraction of sp³-hybridized carbons (Fsp3) is 0.0909. The second-order valence-corrected chi connectivity index (χ2v) is 8.37. The van der Waals surface area contributed by atoms with Gasteiger partial charge in [0, 0.05) is 24.9 Å². The lowest BCUT2D eigenvalue weighted by Crippen LogP contribution is -2.99. The highest BCUT2D eigenvalue weighted by Gasteiger charge is 2.24. The molecule has 1 atom stereocenters. The maximum Gasteiger partial charge on any atom is 0.264 e. The van der Waals surface area contributed by atoms with Crippen molar-refractivity contribution in [2.75, 3.05) is 10.8 Å². The number of hydrogen-bond donors (Lipinski definition) is 2. The summed E-state index contributed by atoms with van der Waals surface area (Å²) in [5, 5.41) is 28.0. The standard InChI is InChI=1S/C22H20N4O4S/c23-14-5-15-25(31(29,30)22-8-2-1-3-9-22)20-12-10-18(11-13-20)17-24-19-6-4-7-21(16-19)26(27)28/h1-4,6-13,16-17,26-27H,5,15H2. The van der Waals surface area contributed by atoms with Gasteiger partial charge in [0.1, 0.15) is 0 Å². The average molecular weight is 436 g/mol. The van der Waals surface area contributed by atoms with Crippen molar-refractivity contribution in [2.24, 2.45) is 4.99 Å². The summed E-state index contributed by atoms with van der Waals surface area (Å²) in [7, 11) is -3.81. The molecule has 0 aliphatic carbocycles. The largest absolute Gasteiger partial charge is 0.595 e. The van der Waals surface area contributed by atoms with Crippen LogP contribution in [0.1, 0.15) is 12.0 Å². The molecule has 0 spiro atoms. The van der Waals surface area contributed by atoms with Crippen molar-refractivity contribution in [3.8, 4) is 6.07 Å². The summed E-state index contributed by atoms with van der Waals surface area (Å²) in [5.41, 5.74) is 1.78. The van der Waals surface area contributed by atoms with E-state index < -0.39 is 15.2 Å². The van der Waals surface area contributed by atoms with Crippen LogP contribution in [0.15, 0.2) is 88.8 Å². The van der Waals surface area contributed by atoms with Crippen LogP contribution in [0, 0.1) is 16.5 Å². The SMILES string of the molecule is N#CCCN(c1ccc(C=Nc2cccc([NH+]([O-])O)c2)cc1)S(=O)(=O)c1ccccc1. The Morgan fingerprint density at radius 3 is 2.42 bits per heavy atom. The summed E-state index contributed by atoms with van der Waals surface area (Å²) in [5.74, 6) is 0. The van der Waals surface area contributed by atoms with Gasteiger partial charge < -0.3 is 5.21 Å². The molecule has 3 aromatic rings. The van der Waals surface area contributed by atoms with Crippen molar-refractivity contribution in [2.45, 2.75) is 11.3 Å². The molecule has 3 aromatic carbocycles. The first-order chi connectivity index (χ1) is 14.9. The number of quaternary nitrogens is 1. The summed E-state index contributed by atoms with van der Waals surface area (Å²) in [6, 6.07) is 23.0. The van der Waals surface area contributed by atoms with Gasteiger partial charge in [-0.15, -0.1) is 0 Å². The third kappa shape index (κ3) is 5.53. The molecule has 1 unspecified atom stereocenters. The molecule has 31 heavy (non-hydrogen) atoms. The molecule has 9 heteroatoms. The van der Waals surface area contributed by atoms with Crippen LogP contribution in [0.5, 0.6) is 0 Å². The molecule has 0 heterocycles. The Hall–Kier alpha value is -3.55. The van der Waals surface area contributed by atoms with Crippen LogP contribution < -0.4 is 9.53 Å². The summed E-state index contributed by atoms with van der Waals surface area (Å²) < 4.78 is 27.3. The van der Waals surface area contributed by atoms with E-state index in [2.05, 4.69) is 4.99 Å². The van der Waals surface area contributed by atoms with E-state index in [0.717, 1.165) is 0 Å². The molecule has 0 fully saturated rings. The summed E-state index contributed by atoms with van der Waals surface area (Å²) in [6.07, 6.45) is 1.62. The van der Waals surface area contributed by atoms with Gasteiger partial charge in [0.25, 0.3) is 10.0 Å². The number of aliphatic imine (C=N–C) groups is 1. The van der Waals surface area contributed by atoms with Crippen LogP contribution in [0.25, 0.3) is 0 Å². The molecular weight excluding hydrogens is 416 g/mol. The van der Waals surface area contributed by atoms with Crippen LogP contribution >= 0.6 is 0 Å². The molecule has 0 amide bonds. The van der Waals surface area contributed by atoms with Crippen molar-refractivity contribution < 1.29 is 18.9 Å². The van der Waals surface area contributed by atoms with Crippen LogP contribution in [0.3, 0.4) is 0 Å². The van der Waals surface area contributed by atoms with E-state index in [9.17, 15) is 13.6 Å². The highest BCUT2D eigenvalue weighted by molar-refractivity contribution is 7.92. The van der Waals surface area contributed by atoms with Crippen LogP contribution in [0.2, 0.25) is 0 Å². The summed E-state index contributed by atoms with van der Waals surface area (Å²) in [6.45, 7) is 0.0309. The van der Waals surface area contributed by atoms with Crippen molar-refractivity contribution in [3.05, 3.63) is 89.6 Å². The van der Waals surface area contributed by atoms with Crippen molar-refractivity contribution >= 4 is 33.3 Å². The Balaban J connectivity index is 1.85. The van der Waals surface area contributed by atoms with Gasteiger partial charge in [-0.05, 0) is 35.9 Å². The second kappa shape index (κ2) is 9.97.